The van der Waals surface area contributed by atoms with Crippen LogP contribution < -0.4 is 10.6 Å². The van der Waals surface area contributed by atoms with Gasteiger partial charge in [0.2, 0.25) is 11.8 Å². The zero-order valence-electron chi connectivity index (χ0n) is 6.68. The number of hydrogen-bond donors (Lipinski definition) is 2. The summed E-state index contributed by atoms with van der Waals surface area (Å²) in [6.07, 6.45) is 0.643. The van der Waals surface area contributed by atoms with Crippen LogP contribution in [-0.4, -0.2) is 23.9 Å². The van der Waals surface area contributed by atoms with Gasteiger partial charge in [-0.1, -0.05) is 6.92 Å². The Labute approximate surface area is 65.3 Å². The lowest BCUT2D eigenvalue weighted by atomic mass is 10.1. The van der Waals surface area contributed by atoms with Gasteiger partial charge in [-0.05, 0) is 13.3 Å². The Hall–Kier alpha value is -1.06. The van der Waals surface area contributed by atoms with E-state index in [-0.39, 0.29) is 23.9 Å². The summed E-state index contributed by atoms with van der Waals surface area (Å²) in [5.41, 5.74) is 0. The van der Waals surface area contributed by atoms with Crippen molar-refractivity contribution in [2.75, 3.05) is 0 Å². The monoisotopic (exact) mass is 156 g/mol. The zero-order valence-corrected chi connectivity index (χ0v) is 6.68. The molecule has 4 nitrogen and oxygen atoms in total. The third-order valence-corrected chi connectivity index (χ3v) is 1.79. The SMILES string of the molecule is CC[C@@H]1NC(=O)[C@H](C)NC1=O. The number of rotatable bonds is 1. The number of piperazine rings is 1. The van der Waals surface area contributed by atoms with Crippen LogP contribution in [0.3, 0.4) is 0 Å². The van der Waals surface area contributed by atoms with Crippen molar-refractivity contribution in [1.29, 1.82) is 0 Å². The van der Waals surface area contributed by atoms with Crippen molar-refractivity contribution in [3.63, 3.8) is 0 Å². The van der Waals surface area contributed by atoms with Crippen LogP contribution in [0.4, 0.5) is 0 Å². The van der Waals surface area contributed by atoms with Crippen molar-refractivity contribution in [3.05, 3.63) is 0 Å². The van der Waals surface area contributed by atoms with Gasteiger partial charge in [0, 0.05) is 0 Å². The summed E-state index contributed by atoms with van der Waals surface area (Å²) in [7, 11) is 0. The second-order valence-corrected chi connectivity index (χ2v) is 2.70. The number of nitrogens with one attached hydrogen (secondary N) is 2. The van der Waals surface area contributed by atoms with Gasteiger partial charge in [-0.3, -0.25) is 9.59 Å². The number of carbonyl (C=O) groups excluding carboxylic acids is 2. The number of amides is 2. The van der Waals surface area contributed by atoms with Crippen LogP contribution >= 0.6 is 0 Å². The van der Waals surface area contributed by atoms with Gasteiger partial charge in [0.15, 0.2) is 0 Å². The van der Waals surface area contributed by atoms with E-state index in [1.165, 1.54) is 0 Å². The molecule has 2 N–H and O–H groups in total. The fourth-order valence-corrected chi connectivity index (χ4v) is 1.03. The molecule has 1 aliphatic rings. The zero-order chi connectivity index (χ0) is 8.43. The maximum absolute atomic E-state index is 11.1. The van der Waals surface area contributed by atoms with Gasteiger partial charge in [-0.25, -0.2) is 0 Å². The molecule has 0 aromatic carbocycles. The molecule has 4 heteroatoms. The third kappa shape index (κ3) is 1.50. The summed E-state index contributed by atoms with van der Waals surface area (Å²) >= 11 is 0. The molecule has 0 bridgehead atoms. The molecule has 0 aromatic rings. The average Bonchev–Trinajstić information content (AvgIpc) is 1.97. The van der Waals surface area contributed by atoms with E-state index < -0.39 is 0 Å². The maximum Gasteiger partial charge on any atom is 0.243 e. The summed E-state index contributed by atoms with van der Waals surface area (Å²) in [6.45, 7) is 3.53. The van der Waals surface area contributed by atoms with E-state index in [0.29, 0.717) is 6.42 Å². The van der Waals surface area contributed by atoms with Gasteiger partial charge in [0.25, 0.3) is 0 Å². The fraction of sp³-hybridized carbons (Fsp3) is 0.714. The highest BCUT2D eigenvalue weighted by Gasteiger charge is 2.29. The molecule has 11 heavy (non-hydrogen) atoms. The summed E-state index contributed by atoms with van der Waals surface area (Å²) in [5, 5.41) is 5.19. The molecule has 0 radical (unpaired) electrons. The Morgan fingerprint density at radius 2 is 1.91 bits per heavy atom. The molecule has 0 unspecified atom stereocenters. The van der Waals surface area contributed by atoms with Crippen molar-refractivity contribution in [2.45, 2.75) is 32.4 Å². The van der Waals surface area contributed by atoms with Crippen LogP contribution in [0.1, 0.15) is 20.3 Å². The number of hydrogen-bond acceptors (Lipinski definition) is 2. The van der Waals surface area contributed by atoms with Crippen molar-refractivity contribution in [3.8, 4) is 0 Å². The van der Waals surface area contributed by atoms with Crippen LogP contribution in [-0.2, 0) is 9.59 Å². The predicted octanol–water partition coefficient (Wildman–Crippen LogP) is -0.601. The largest absolute Gasteiger partial charge is 0.343 e. The molecule has 1 aliphatic heterocycles. The minimum absolute atomic E-state index is 0.0837. The van der Waals surface area contributed by atoms with Gasteiger partial charge in [-0.15, -0.1) is 0 Å². The quantitative estimate of drug-likeness (QED) is 0.532. The summed E-state index contributed by atoms with van der Waals surface area (Å²) < 4.78 is 0. The lowest BCUT2D eigenvalue weighted by Gasteiger charge is -2.26. The number of carbonyl (C=O) groups is 2. The van der Waals surface area contributed by atoms with Crippen LogP contribution in [0.5, 0.6) is 0 Å². The van der Waals surface area contributed by atoms with E-state index in [2.05, 4.69) is 10.6 Å². The Balaban J connectivity index is 2.62. The molecule has 1 saturated heterocycles. The topological polar surface area (TPSA) is 58.2 Å². The first-order valence-electron chi connectivity index (χ1n) is 3.76. The standard InChI is InChI=1S/C7H12N2O2/c1-3-5-7(11)8-4(2)6(10)9-5/h4-5H,3H2,1-2H3,(H,8,11)(H,9,10)/t4-,5-/m0/s1. The molecular weight excluding hydrogens is 144 g/mol. The second kappa shape index (κ2) is 2.90. The lowest BCUT2D eigenvalue weighted by Crippen LogP contribution is -2.60. The Bertz CT molecular complexity index is 191. The molecule has 0 spiro atoms. The maximum atomic E-state index is 11.1. The van der Waals surface area contributed by atoms with Gasteiger partial charge >= 0.3 is 0 Å². The van der Waals surface area contributed by atoms with Crippen molar-refractivity contribution < 1.29 is 9.59 Å². The summed E-state index contributed by atoms with van der Waals surface area (Å²) in [6, 6.07) is -0.719. The van der Waals surface area contributed by atoms with Crippen LogP contribution in [0.15, 0.2) is 0 Å². The second-order valence-electron chi connectivity index (χ2n) is 2.70. The Morgan fingerprint density at radius 1 is 1.27 bits per heavy atom. The first-order valence-corrected chi connectivity index (χ1v) is 3.76. The molecule has 0 saturated carbocycles. The molecule has 1 fully saturated rings. The normalized spacial score (nSPS) is 31.1. The van der Waals surface area contributed by atoms with E-state index in [9.17, 15) is 9.59 Å². The molecular formula is C7H12N2O2. The third-order valence-electron chi connectivity index (χ3n) is 1.79. The lowest BCUT2D eigenvalue weighted by molar-refractivity contribution is -0.136. The van der Waals surface area contributed by atoms with E-state index >= 15 is 0 Å². The van der Waals surface area contributed by atoms with Crippen molar-refractivity contribution >= 4 is 11.8 Å². The smallest absolute Gasteiger partial charge is 0.243 e. The molecule has 0 aromatic heterocycles. The van der Waals surface area contributed by atoms with E-state index in [1.807, 2.05) is 6.92 Å². The highest BCUT2D eigenvalue weighted by Crippen LogP contribution is 1.99. The van der Waals surface area contributed by atoms with Crippen molar-refractivity contribution in [1.82, 2.24) is 10.6 Å². The van der Waals surface area contributed by atoms with E-state index in [4.69, 9.17) is 0 Å². The van der Waals surface area contributed by atoms with Gasteiger partial charge in [0.05, 0.1) is 0 Å². The summed E-state index contributed by atoms with van der Waals surface area (Å²) in [5.74, 6) is -0.184. The average molecular weight is 156 g/mol. The first-order chi connectivity index (χ1) is 5.15. The fourth-order valence-electron chi connectivity index (χ4n) is 1.03. The Kier molecular flexibility index (Phi) is 2.12. The Morgan fingerprint density at radius 3 is 2.45 bits per heavy atom. The molecule has 2 atom stereocenters. The van der Waals surface area contributed by atoms with Gasteiger partial charge in [0.1, 0.15) is 12.1 Å². The van der Waals surface area contributed by atoms with Gasteiger partial charge < -0.3 is 10.6 Å². The molecule has 0 aliphatic carbocycles. The van der Waals surface area contributed by atoms with Crippen LogP contribution in [0.25, 0.3) is 0 Å². The first kappa shape index (κ1) is 8.04. The predicted molar refractivity (Wildman–Crippen MR) is 39.8 cm³/mol. The molecule has 2 amide bonds. The van der Waals surface area contributed by atoms with Crippen molar-refractivity contribution in [2.24, 2.45) is 0 Å². The van der Waals surface area contributed by atoms with Gasteiger partial charge in [-0.2, -0.15) is 0 Å². The van der Waals surface area contributed by atoms with E-state index in [1.54, 1.807) is 6.92 Å². The summed E-state index contributed by atoms with van der Waals surface area (Å²) in [4.78, 5) is 22.0. The van der Waals surface area contributed by atoms with Crippen LogP contribution in [0.2, 0.25) is 0 Å². The highest BCUT2D eigenvalue weighted by atomic mass is 16.2. The minimum Gasteiger partial charge on any atom is -0.343 e. The molecule has 1 rings (SSSR count). The van der Waals surface area contributed by atoms with E-state index in [0.717, 1.165) is 0 Å². The molecule has 1 heterocycles. The highest BCUT2D eigenvalue weighted by molar-refractivity contribution is 5.96. The molecule has 62 valence electrons. The van der Waals surface area contributed by atoms with Crippen LogP contribution in [0, 0.1) is 0 Å². The minimum atomic E-state index is -0.384.